The van der Waals surface area contributed by atoms with Gasteiger partial charge in [-0.15, -0.1) is 0 Å². The summed E-state index contributed by atoms with van der Waals surface area (Å²) in [4.78, 5) is 0. The normalized spacial score (nSPS) is 39.2. The smallest absolute Gasteiger partial charge is 0.0683 e. The van der Waals surface area contributed by atoms with Crippen LogP contribution in [0.15, 0.2) is 0 Å². The van der Waals surface area contributed by atoms with Gasteiger partial charge in [0, 0.05) is 6.04 Å². The fraction of sp³-hybridized carbons (Fsp3) is 0.947. The molecule has 21 heavy (non-hydrogen) atoms. The molecule has 4 aliphatic carbocycles. The highest BCUT2D eigenvalue weighted by Crippen LogP contribution is 2.61. The molecule has 0 saturated heterocycles. The molecule has 0 amide bonds. The maximum atomic E-state index is 9.09. The molecule has 4 bridgehead atoms. The van der Waals surface area contributed by atoms with Crippen LogP contribution in [0, 0.1) is 39.9 Å². The van der Waals surface area contributed by atoms with Gasteiger partial charge in [-0.3, -0.25) is 0 Å². The van der Waals surface area contributed by atoms with Gasteiger partial charge in [0.15, 0.2) is 0 Å². The zero-order valence-electron chi connectivity index (χ0n) is 14.1. The molecule has 4 rings (SSSR count). The van der Waals surface area contributed by atoms with Crippen LogP contribution in [-0.2, 0) is 0 Å². The van der Waals surface area contributed by atoms with Crippen LogP contribution >= 0.6 is 0 Å². The molecule has 0 aromatic heterocycles. The molecular weight excluding hydrogens is 256 g/mol. The van der Waals surface area contributed by atoms with Gasteiger partial charge in [0.25, 0.3) is 0 Å². The number of rotatable bonds is 6. The average molecular weight is 288 g/mol. The lowest BCUT2D eigenvalue weighted by Crippen LogP contribution is -2.55. The highest BCUT2D eigenvalue weighted by Gasteiger charge is 2.52. The second-order valence-corrected chi connectivity index (χ2v) is 9.05. The summed E-state index contributed by atoms with van der Waals surface area (Å²) in [5, 5.41) is 12.9. The molecule has 4 fully saturated rings. The average Bonchev–Trinajstić information content (AvgIpc) is 2.42. The maximum absolute atomic E-state index is 9.09. The van der Waals surface area contributed by atoms with E-state index in [4.69, 9.17) is 5.26 Å². The van der Waals surface area contributed by atoms with Crippen molar-refractivity contribution in [3.8, 4) is 6.07 Å². The van der Waals surface area contributed by atoms with E-state index in [0.29, 0.717) is 11.5 Å². The van der Waals surface area contributed by atoms with E-state index in [1.54, 1.807) is 0 Å². The maximum Gasteiger partial charge on any atom is 0.0683 e. The molecule has 1 atom stereocenters. The minimum atomic E-state index is -0.161. The largest absolute Gasteiger partial charge is 0.314 e. The lowest BCUT2D eigenvalue weighted by Gasteiger charge is -2.59. The van der Waals surface area contributed by atoms with Crippen molar-refractivity contribution in [2.24, 2.45) is 28.6 Å². The Morgan fingerprint density at radius 1 is 1.14 bits per heavy atom. The number of nitrogens with one attached hydrogen (secondary N) is 1. The van der Waals surface area contributed by atoms with Crippen LogP contribution in [0.1, 0.15) is 72.1 Å². The van der Waals surface area contributed by atoms with Crippen molar-refractivity contribution in [2.75, 3.05) is 6.54 Å². The van der Waals surface area contributed by atoms with Crippen LogP contribution in [0.3, 0.4) is 0 Å². The summed E-state index contributed by atoms with van der Waals surface area (Å²) in [6.07, 6.45) is 11.2. The summed E-state index contributed by atoms with van der Waals surface area (Å²) in [5.41, 5.74) is 0.450. The van der Waals surface area contributed by atoms with E-state index in [-0.39, 0.29) is 5.41 Å². The van der Waals surface area contributed by atoms with Gasteiger partial charge in [-0.25, -0.2) is 0 Å². The quantitative estimate of drug-likeness (QED) is 0.730. The molecule has 0 aliphatic heterocycles. The summed E-state index contributed by atoms with van der Waals surface area (Å²) in [6, 6.07) is 3.07. The molecule has 118 valence electrons. The standard InChI is InChI=1S/C19H32N2/c1-14(21-6-4-5-18(2,3)13-20)19-10-15-7-16(11-19)9-17(8-15)12-19/h14-17,21H,4-12H2,1-3H3. The van der Waals surface area contributed by atoms with Crippen molar-refractivity contribution in [3.05, 3.63) is 0 Å². The molecule has 1 unspecified atom stereocenters. The Labute approximate surface area is 130 Å². The van der Waals surface area contributed by atoms with E-state index in [1.165, 1.54) is 38.5 Å². The lowest BCUT2D eigenvalue weighted by molar-refractivity contribution is -0.0703. The molecule has 0 heterocycles. The Balaban J connectivity index is 1.50. The second-order valence-electron chi connectivity index (χ2n) is 9.05. The molecular formula is C19H32N2. The summed E-state index contributed by atoms with van der Waals surface area (Å²) in [6.45, 7) is 7.61. The van der Waals surface area contributed by atoms with Crippen LogP contribution in [0.4, 0.5) is 0 Å². The Kier molecular flexibility index (Phi) is 4.08. The first-order valence-corrected chi connectivity index (χ1v) is 9.07. The van der Waals surface area contributed by atoms with E-state index in [1.807, 2.05) is 0 Å². The van der Waals surface area contributed by atoms with Gasteiger partial charge in [0.1, 0.15) is 0 Å². The molecule has 2 heteroatoms. The van der Waals surface area contributed by atoms with Crippen molar-refractivity contribution in [2.45, 2.75) is 78.2 Å². The molecule has 0 radical (unpaired) electrons. The fourth-order valence-electron chi connectivity index (χ4n) is 5.83. The predicted molar refractivity (Wildman–Crippen MR) is 86.7 cm³/mol. The van der Waals surface area contributed by atoms with Gasteiger partial charge >= 0.3 is 0 Å². The monoisotopic (exact) mass is 288 g/mol. The molecule has 2 nitrogen and oxygen atoms in total. The number of nitriles is 1. The van der Waals surface area contributed by atoms with E-state index in [0.717, 1.165) is 37.1 Å². The molecule has 4 saturated carbocycles. The van der Waals surface area contributed by atoms with Crippen LogP contribution < -0.4 is 5.32 Å². The Morgan fingerprint density at radius 3 is 2.14 bits per heavy atom. The Bertz CT molecular complexity index is 382. The minimum absolute atomic E-state index is 0.161. The van der Waals surface area contributed by atoms with Crippen molar-refractivity contribution in [1.29, 1.82) is 5.26 Å². The molecule has 1 N–H and O–H groups in total. The molecule has 0 aromatic carbocycles. The highest BCUT2D eigenvalue weighted by molar-refractivity contribution is 5.05. The van der Waals surface area contributed by atoms with Crippen LogP contribution in [0.25, 0.3) is 0 Å². The second kappa shape index (κ2) is 5.58. The summed E-state index contributed by atoms with van der Waals surface area (Å²) in [7, 11) is 0. The van der Waals surface area contributed by atoms with Gasteiger partial charge in [0.2, 0.25) is 0 Å². The zero-order valence-corrected chi connectivity index (χ0v) is 14.1. The van der Waals surface area contributed by atoms with Crippen molar-refractivity contribution in [3.63, 3.8) is 0 Å². The van der Waals surface area contributed by atoms with E-state index < -0.39 is 0 Å². The Morgan fingerprint density at radius 2 is 1.67 bits per heavy atom. The topological polar surface area (TPSA) is 35.8 Å². The summed E-state index contributed by atoms with van der Waals surface area (Å²) >= 11 is 0. The van der Waals surface area contributed by atoms with Gasteiger partial charge in [-0.05, 0) is 102 Å². The van der Waals surface area contributed by atoms with Crippen LogP contribution in [-0.4, -0.2) is 12.6 Å². The molecule has 4 aliphatic rings. The third-order valence-electron chi connectivity index (χ3n) is 6.74. The van der Waals surface area contributed by atoms with Crippen LogP contribution in [0.5, 0.6) is 0 Å². The minimum Gasteiger partial charge on any atom is -0.314 e. The lowest BCUT2D eigenvalue weighted by atomic mass is 9.48. The first-order chi connectivity index (χ1) is 9.92. The SMILES string of the molecule is CC(NCCCC(C)(C)C#N)C12CC3CC(CC(C3)C1)C2. The summed E-state index contributed by atoms with van der Waals surface area (Å²) < 4.78 is 0. The fourth-order valence-corrected chi connectivity index (χ4v) is 5.83. The van der Waals surface area contributed by atoms with Crippen molar-refractivity contribution < 1.29 is 0 Å². The van der Waals surface area contributed by atoms with Crippen molar-refractivity contribution in [1.82, 2.24) is 5.32 Å². The first kappa shape index (κ1) is 15.3. The van der Waals surface area contributed by atoms with E-state index in [2.05, 4.69) is 32.2 Å². The molecule has 0 spiro atoms. The molecule has 0 aromatic rings. The van der Waals surface area contributed by atoms with E-state index in [9.17, 15) is 0 Å². The van der Waals surface area contributed by atoms with Crippen molar-refractivity contribution >= 4 is 0 Å². The number of nitrogens with zero attached hydrogens (tertiary/aromatic N) is 1. The summed E-state index contributed by atoms with van der Waals surface area (Å²) in [5.74, 6) is 3.12. The third kappa shape index (κ3) is 3.14. The predicted octanol–water partition coefficient (Wildman–Crippen LogP) is 4.51. The van der Waals surface area contributed by atoms with E-state index >= 15 is 0 Å². The number of hydrogen-bond donors (Lipinski definition) is 1. The Hall–Kier alpha value is -0.550. The third-order valence-corrected chi connectivity index (χ3v) is 6.74. The van der Waals surface area contributed by atoms with Gasteiger partial charge in [-0.1, -0.05) is 0 Å². The van der Waals surface area contributed by atoms with Gasteiger partial charge < -0.3 is 5.32 Å². The zero-order chi connectivity index (χ0) is 15.1. The number of hydrogen-bond acceptors (Lipinski definition) is 2. The van der Waals surface area contributed by atoms with Crippen LogP contribution in [0.2, 0.25) is 0 Å². The van der Waals surface area contributed by atoms with Gasteiger partial charge in [0.05, 0.1) is 11.5 Å². The highest BCUT2D eigenvalue weighted by atomic mass is 14.9. The van der Waals surface area contributed by atoms with Gasteiger partial charge in [-0.2, -0.15) is 5.26 Å². The first-order valence-electron chi connectivity index (χ1n) is 9.07.